The molecule has 1 aromatic heterocycles. The van der Waals surface area contributed by atoms with Crippen molar-refractivity contribution >= 4 is 10.0 Å². The van der Waals surface area contributed by atoms with Crippen molar-refractivity contribution in [1.82, 2.24) is 9.71 Å². The number of aliphatic hydroxyl groups is 1. The lowest BCUT2D eigenvalue weighted by Gasteiger charge is -2.15. The number of nitrogens with zero attached hydrogens (tertiary/aromatic N) is 1. The van der Waals surface area contributed by atoms with Crippen molar-refractivity contribution in [3.63, 3.8) is 0 Å². The van der Waals surface area contributed by atoms with Crippen LogP contribution in [0.2, 0.25) is 0 Å². The molecule has 0 radical (unpaired) electrons. The van der Waals surface area contributed by atoms with Gasteiger partial charge in [0, 0.05) is 25.0 Å². The highest BCUT2D eigenvalue weighted by molar-refractivity contribution is 7.89. The number of sulfonamides is 1. The van der Waals surface area contributed by atoms with Gasteiger partial charge >= 0.3 is 0 Å². The first-order valence-electron chi connectivity index (χ1n) is 5.13. The van der Waals surface area contributed by atoms with E-state index in [1.165, 1.54) is 18.5 Å². The van der Waals surface area contributed by atoms with Crippen LogP contribution < -0.4 is 4.72 Å². The lowest BCUT2D eigenvalue weighted by Crippen LogP contribution is -2.35. The molecule has 1 rings (SSSR count). The number of hydrogen-bond acceptors (Lipinski definition) is 4. The summed E-state index contributed by atoms with van der Waals surface area (Å²) in [5, 5.41) is 8.79. The molecular weight excluding hydrogens is 228 g/mol. The molecule has 0 amide bonds. The van der Waals surface area contributed by atoms with Crippen LogP contribution in [0, 0.1) is 0 Å². The Morgan fingerprint density at radius 1 is 1.56 bits per heavy atom. The number of pyridine rings is 1. The molecule has 0 aliphatic rings. The number of hydrogen-bond donors (Lipinski definition) is 2. The van der Waals surface area contributed by atoms with E-state index >= 15 is 0 Å². The molecule has 2 N–H and O–H groups in total. The molecule has 0 aliphatic heterocycles. The maximum absolute atomic E-state index is 11.8. The topological polar surface area (TPSA) is 79.3 Å². The van der Waals surface area contributed by atoms with Crippen LogP contribution in [0.25, 0.3) is 0 Å². The molecule has 1 aromatic rings. The molecule has 5 nitrogen and oxygen atoms in total. The third-order valence-corrected chi connectivity index (χ3v) is 3.74. The Balaban J connectivity index is 2.79. The van der Waals surface area contributed by atoms with Gasteiger partial charge in [0.05, 0.1) is 0 Å². The molecule has 1 atom stereocenters. The normalized spacial score (nSPS) is 13.6. The number of nitrogens with one attached hydrogen (secondary N) is 1. The second-order valence-corrected chi connectivity index (χ2v) is 5.14. The largest absolute Gasteiger partial charge is 0.396 e. The summed E-state index contributed by atoms with van der Waals surface area (Å²) in [4.78, 5) is 3.91. The fraction of sp³-hybridized carbons (Fsp3) is 0.500. The van der Waals surface area contributed by atoms with Crippen LogP contribution in [0.5, 0.6) is 0 Å². The lowest BCUT2D eigenvalue weighted by atomic mass is 10.2. The number of aliphatic hydroxyl groups excluding tert-OH is 1. The van der Waals surface area contributed by atoms with Crippen molar-refractivity contribution < 1.29 is 13.5 Å². The summed E-state index contributed by atoms with van der Waals surface area (Å²) in [5.74, 6) is 0. The quantitative estimate of drug-likeness (QED) is 0.764. The van der Waals surface area contributed by atoms with Crippen molar-refractivity contribution in [1.29, 1.82) is 0 Å². The predicted octanol–water partition coefficient (Wildman–Crippen LogP) is 0.521. The van der Waals surface area contributed by atoms with E-state index in [1.54, 1.807) is 6.07 Å². The van der Waals surface area contributed by atoms with Crippen LogP contribution in [0.1, 0.15) is 19.8 Å². The van der Waals surface area contributed by atoms with Gasteiger partial charge in [0.1, 0.15) is 4.90 Å². The molecule has 0 fully saturated rings. The minimum absolute atomic E-state index is 0.0337. The molecule has 16 heavy (non-hydrogen) atoms. The van der Waals surface area contributed by atoms with Gasteiger partial charge in [0.2, 0.25) is 10.0 Å². The SMILES string of the molecule is CCC(CCO)NS(=O)(=O)c1cccnc1. The van der Waals surface area contributed by atoms with Gasteiger partial charge in [-0.15, -0.1) is 0 Å². The monoisotopic (exact) mass is 244 g/mol. The summed E-state index contributed by atoms with van der Waals surface area (Å²) in [6, 6.07) is 2.82. The fourth-order valence-corrected chi connectivity index (χ4v) is 2.61. The Kier molecular flexibility index (Phi) is 4.85. The van der Waals surface area contributed by atoms with Gasteiger partial charge in [-0.05, 0) is 25.0 Å². The first-order chi connectivity index (χ1) is 7.60. The summed E-state index contributed by atoms with van der Waals surface area (Å²) in [6.45, 7) is 1.83. The maximum Gasteiger partial charge on any atom is 0.242 e. The summed E-state index contributed by atoms with van der Waals surface area (Å²) < 4.78 is 26.2. The average Bonchev–Trinajstić information content (AvgIpc) is 2.29. The summed E-state index contributed by atoms with van der Waals surface area (Å²) in [5.41, 5.74) is 0. The molecule has 0 spiro atoms. The lowest BCUT2D eigenvalue weighted by molar-refractivity contribution is 0.270. The molecule has 0 aliphatic carbocycles. The van der Waals surface area contributed by atoms with Crippen LogP contribution in [0.15, 0.2) is 29.4 Å². The zero-order chi connectivity index (χ0) is 12.0. The first kappa shape index (κ1) is 13.1. The van der Waals surface area contributed by atoms with Crippen molar-refractivity contribution in [3.05, 3.63) is 24.5 Å². The maximum atomic E-state index is 11.8. The van der Waals surface area contributed by atoms with E-state index in [0.29, 0.717) is 12.8 Å². The highest BCUT2D eigenvalue weighted by atomic mass is 32.2. The molecule has 0 aromatic carbocycles. The van der Waals surface area contributed by atoms with Gasteiger partial charge in [-0.2, -0.15) is 0 Å². The van der Waals surface area contributed by atoms with E-state index in [4.69, 9.17) is 5.11 Å². The smallest absolute Gasteiger partial charge is 0.242 e. The predicted molar refractivity (Wildman–Crippen MR) is 60.3 cm³/mol. The standard InChI is InChI=1S/C10H16N2O3S/c1-2-9(5-7-13)12-16(14,15)10-4-3-6-11-8-10/h3-4,6,8-9,12-13H,2,5,7H2,1H3. The van der Waals surface area contributed by atoms with Crippen molar-refractivity contribution in [2.24, 2.45) is 0 Å². The van der Waals surface area contributed by atoms with Gasteiger partial charge < -0.3 is 5.11 Å². The number of aromatic nitrogens is 1. The molecule has 1 unspecified atom stereocenters. The Morgan fingerprint density at radius 2 is 2.31 bits per heavy atom. The van der Waals surface area contributed by atoms with Crippen molar-refractivity contribution in [2.45, 2.75) is 30.7 Å². The van der Waals surface area contributed by atoms with E-state index in [0.717, 1.165) is 0 Å². The molecule has 0 saturated carbocycles. The Hall–Kier alpha value is -0.980. The van der Waals surface area contributed by atoms with Gasteiger partial charge in [-0.25, -0.2) is 13.1 Å². The fourth-order valence-electron chi connectivity index (χ4n) is 1.30. The van der Waals surface area contributed by atoms with Gasteiger partial charge in [-0.1, -0.05) is 6.92 Å². The first-order valence-corrected chi connectivity index (χ1v) is 6.61. The Labute approximate surface area is 95.6 Å². The summed E-state index contributed by atoms with van der Waals surface area (Å²) in [6.07, 6.45) is 3.87. The zero-order valence-electron chi connectivity index (χ0n) is 9.13. The van der Waals surface area contributed by atoms with Crippen molar-refractivity contribution in [2.75, 3.05) is 6.61 Å². The van der Waals surface area contributed by atoms with E-state index in [1.807, 2.05) is 6.92 Å². The molecule has 90 valence electrons. The second-order valence-electron chi connectivity index (χ2n) is 3.43. The summed E-state index contributed by atoms with van der Waals surface area (Å²) in [7, 11) is -3.52. The summed E-state index contributed by atoms with van der Waals surface area (Å²) >= 11 is 0. The van der Waals surface area contributed by atoms with E-state index in [-0.39, 0.29) is 17.5 Å². The van der Waals surface area contributed by atoms with E-state index in [9.17, 15) is 8.42 Å². The van der Waals surface area contributed by atoms with E-state index < -0.39 is 10.0 Å². The zero-order valence-corrected chi connectivity index (χ0v) is 9.94. The molecular formula is C10H16N2O3S. The second kappa shape index (κ2) is 5.93. The van der Waals surface area contributed by atoms with Crippen molar-refractivity contribution in [3.8, 4) is 0 Å². The third-order valence-electron chi connectivity index (χ3n) is 2.24. The minimum atomic E-state index is -3.52. The highest BCUT2D eigenvalue weighted by Gasteiger charge is 2.18. The van der Waals surface area contributed by atoms with E-state index in [2.05, 4.69) is 9.71 Å². The van der Waals surface area contributed by atoms with Gasteiger partial charge in [-0.3, -0.25) is 4.98 Å². The third kappa shape index (κ3) is 3.55. The van der Waals surface area contributed by atoms with Crippen LogP contribution in [0.4, 0.5) is 0 Å². The molecule has 1 heterocycles. The minimum Gasteiger partial charge on any atom is -0.396 e. The Morgan fingerprint density at radius 3 is 2.81 bits per heavy atom. The van der Waals surface area contributed by atoms with Crippen LogP contribution in [-0.4, -0.2) is 31.2 Å². The highest BCUT2D eigenvalue weighted by Crippen LogP contribution is 2.08. The Bertz CT molecular complexity index is 405. The average molecular weight is 244 g/mol. The van der Waals surface area contributed by atoms with Crippen LogP contribution in [-0.2, 0) is 10.0 Å². The van der Waals surface area contributed by atoms with Gasteiger partial charge in [0.25, 0.3) is 0 Å². The van der Waals surface area contributed by atoms with Gasteiger partial charge in [0.15, 0.2) is 0 Å². The molecule has 0 bridgehead atoms. The van der Waals surface area contributed by atoms with Crippen LogP contribution in [0.3, 0.4) is 0 Å². The molecule has 6 heteroatoms. The number of rotatable bonds is 6. The van der Waals surface area contributed by atoms with Crippen LogP contribution >= 0.6 is 0 Å². The molecule has 0 saturated heterocycles.